The molecule has 2 N–H and O–H groups in total. The molecule has 1 fully saturated rings. The fourth-order valence-electron chi connectivity index (χ4n) is 2.90. The van der Waals surface area contributed by atoms with Gasteiger partial charge in [0.15, 0.2) is 0 Å². The fourth-order valence-corrected chi connectivity index (χ4v) is 2.90. The van der Waals surface area contributed by atoms with Crippen LogP contribution in [0.25, 0.3) is 0 Å². The molecular weight excluding hydrogens is 377 g/mol. The standard InChI is InChI=1S/C18H23F3N4O3/c1-24(2)10-15(26)23-14-5-3-4-12(6-14)8-22-17(28)13-7-16(27)25(9-13)11-18(19,20)21/h3-6,13H,7-11H2,1-2H3,(H,22,28)(H,23,26). The number of hydrogen-bond donors (Lipinski definition) is 2. The van der Waals surface area contributed by atoms with Gasteiger partial charge in [0.2, 0.25) is 17.7 Å². The Bertz CT molecular complexity index is 737. The van der Waals surface area contributed by atoms with Crippen LogP contribution in [0, 0.1) is 5.92 Å². The third-order valence-electron chi connectivity index (χ3n) is 4.09. The van der Waals surface area contributed by atoms with Crippen molar-refractivity contribution < 1.29 is 27.6 Å². The number of hydrogen-bond acceptors (Lipinski definition) is 4. The van der Waals surface area contributed by atoms with E-state index in [1.807, 2.05) is 0 Å². The first-order valence-corrected chi connectivity index (χ1v) is 8.69. The third kappa shape index (κ3) is 6.84. The minimum absolute atomic E-state index is 0.139. The first-order valence-electron chi connectivity index (χ1n) is 8.69. The molecule has 0 aliphatic carbocycles. The number of benzene rings is 1. The monoisotopic (exact) mass is 400 g/mol. The molecule has 1 aliphatic heterocycles. The molecule has 1 aromatic rings. The Morgan fingerprint density at radius 1 is 1.29 bits per heavy atom. The highest BCUT2D eigenvalue weighted by Crippen LogP contribution is 2.24. The zero-order chi connectivity index (χ0) is 20.9. The van der Waals surface area contributed by atoms with Gasteiger partial charge in [0.1, 0.15) is 6.54 Å². The van der Waals surface area contributed by atoms with Crippen LogP contribution < -0.4 is 10.6 Å². The second-order valence-corrected chi connectivity index (χ2v) is 6.99. The summed E-state index contributed by atoms with van der Waals surface area (Å²) in [6.45, 7) is -1.22. The van der Waals surface area contributed by atoms with E-state index >= 15 is 0 Å². The Balaban J connectivity index is 1.87. The molecule has 0 spiro atoms. The molecule has 7 nitrogen and oxygen atoms in total. The molecule has 1 aromatic carbocycles. The van der Waals surface area contributed by atoms with E-state index < -0.39 is 30.5 Å². The van der Waals surface area contributed by atoms with Crippen molar-refractivity contribution in [2.75, 3.05) is 39.0 Å². The lowest BCUT2D eigenvalue weighted by Gasteiger charge is -2.18. The Hall–Kier alpha value is -2.62. The minimum atomic E-state index is -4.49. The van der Waals surface area contributed by atoms with Crippen molar-refractivity contribution in [1.29, 1.82) is 0 Å². The van der Waals surface area contributed by atoms with E-state index in [-0.39, 0.29) is 32.0 Å². The zero-order valence-electron chi connectivity index (χ0n) is 15.7. The summed E-state index contributed by atoms with van der Waals surface area (Å²) in [5.41, 5.74) is 1.29. The molecule has 154 valence electrons. The second kappa shape index (κ2) is 9.05. The van der Waals surface area contributed by atoms with Crippen LogP contribution in [0.2, 0.25) is 0 Å². The molecule has 3 amide bonds. The van der Waals surface area contributed by atoms with Crippen LogP contribution >= 0.6 is 0 Å². The van der Waals surface area contributed by atoms with Crippen LogP contribution in [-0.4, -0.2) is 67.4 Å². The third-order valence-corrected chi connectivity index (χ3v) is 4.09. The van der Waals surface area contributed by atoms with Crippen molar-refractivity contribution in [3.63, 3.8) is 0 Å². The van der Waals surface area contributed by atoms with Crippen LogP contribution in [0.1, 0.15) is 12.0 Å². The summed E-state index contributed by atoms with van der Waals surface area (Å²) in [6.07, 6.45) is -4.72. The molecule has 2 rings (SSSR count). The summed E-state index contributed by atoms with van der Waals surface area (Å²) in [5, 5.41) is 5.38. The average Bonchev–Trinajstić information content (AvgIpc) is 2.91. The fraction of sp³-hybridized carbons (Fsp3) is 0.500. The number of carbonyl (C=O) groups excluding carboxylic acids is 3. The number of carbonyl (C=O) groups is 3. The molecule has 0 bridgehead atoms. The first-order chi connectivity index (χ1) is 13.0. The maximum Gasteiger partial charge on any atom is 0.406 e. The Kier molecular flexibility index (Phi) is 7.00. The quantitative estimate of drug-likeness (QED) is 0.721. The minimum Gasteiger partial charge on any atom is -0.352 e. The van der Waals surface area contributed by atoms with Gasteiger partial charge in [-0.15, -0.1) is 0 Å². The summed E-state index contributed by atoms with van der Waals surface area (Å²) >= 11 is 0. The van der Waals surface area contributed by atoms with Gasteiger partial charge < -0.3 is 20.4 Å². The molecule has 28 heavy (non-hydrogen) atoms. The van der Waals surface area contributed by atoms with E-state index in [0.29, 0.717) is 16.2 Å². The number of nitrogens with zero attached hydrogens (tertiary/aromatic N) is 2. The van der Waals surface area contributed by atoms with Crippen LogP contribution in [-0.2, 0) is 20.9 Å². The number of alkyl halides is 3. The van der Waals surface area contributed by atoms with Crippen LogP contribution in [0.5, 0.6) is 0 Å². The highest BCUT2D eigenvalue weighted by molar-refractivity contribution is 5.92. The van der Waals surface area contributed by atoms with Crippen molar-refractivity contribution >= 4 is 23.4 Å². The normalized spacial score (nSPS) is 17.1. The molecule has 0 aromatic heterocycles. The van der Waals surface area contributed by atoms with Gasteiger partial charge in [-0.25, -0.2) is 0 Å². The van der Waals surface area contributed by atoms with E-state index in [1.54, 1.807) is 43.3 Å². The SMILES string of the molecule is CN(C)CC(=O)Nc1cccc(CNC(=O)C2CC(=O)N(CC(F)(F)F)C2)c1. The summed E-state index contributed by atoms with van der Waals surface area (Å²) in [7, 11) is 3.55. The van der Waals surface area contributed by atoms with E-state index in [4.69, 9.17) is 0 Å². The number of amides is 3. The van der Waals surface area contributed by atoms with Gasteiger partial charge >= 0.3 is 6.18 Å². The van der Waals surface area contributed by atoms with E-state index in [1.165, 1.54) is 0 Å². The van der Waals surface area contributed by atoms with Gasteiger partial charge in [0.25, 0.3) is 0 Å². The van der Waals surface area contributed by atoms with Gasteiger partial charge in [-0.3, -0.25) is 14.4 Å². The van der Waals surface area contributed by atoms with Crippen LogP contribution in [0.4, 0.5) is 18.9 Å². The number of likely N-dealkylation sites (N-methyl/N-ethyl adjacent to an activating group) is 1. The van der Waals surface area contributed by atoms with Crippen molar-refractivity contribution in [2.45, 2.75) is 19.1 Å². The number of rotatable bonds is 7. The lowest BCUT2D eigenvalue weighted by molar-refractivity contribution is -0.157. The van der Waals surface area contributed by atoms with Crippen LogP contribution in [0.15, 0.2) is 24.3 Å². The number of halogens is 3. The van der Waals surface area contributed by atoms with E-state index in [0.717, 1.165) is 0 Å². The lowest BCUT2D eigenvalue weighted by atomic mass is 10.1. The Labute approximate surface area is 160 Å². The summed E-state index contributed by atoms with van der Waals surface area (Å²) < 4.78 is 37.3. The topological polar surface area (TPSA) is 81.8 Å². The lowest BCUT2D eigenvalue weighted by Crippen LogP contribution is -2.37. The molecule has 1 heterocycles. The van der Waals surface area contributed by atoms with Gasteiger partial charge in [-0.2, -0.15) is 13.2 Å². The largest absolute Gasteiger partial charge is 0.406 e. The molecule has 0 saturated carbocycles. The van der Waals surface area contributed by atoms with E-state index in [9.17, 15) is 27.6 Å². The molecule has 0 radical (unpaired) electrons. The second-order valence-electron chi connectivity index (χ2n) is 6.99. The summed E-state index contributed by atoms with van der Waals surface area (Å²) in [5.74, 6) is -2.14. The molecule has 1 aliphatic rings. The maximum atomic E-state index is 12.4. The molecule has 1 unspecified atom stereocenters. The van der Waals surface area contributed by atoms with E-state index in [2.05, 4.69) is 10.6 Å². The zero-order valence-corrected chi connectivity index (χ0v) is 15.7. The van der Waals surface area contributed by atoms with Gasteiger partial charge in [0, 0.05) is 25.2 Å². The van der Waals surface area contributed by atoms with Crippen molar-refractivity contribution in [1.82, 2.24) is 15.1 Å². The van der Waals surface area contributed by atoms with Gasteiger partial charge in [-0.05, 0) is 31.8 Å². The first kappa shape index (κ1) is 21.7. The smallest absolute Gasteiger partial charge is 0.352 e. The maximum absolute atomic E-state index is 12.4. The molecule has 10 heteroatoms. The average molecular weight is 400 g/mol. The number of likely N-dealkylation sites (tertiary alicyclic amines) is 1. The van der Waals surface area contributed by atoms with Crippen molar-refractivity contribution in [3.05, 3.63) is 29.8 Å². The Morgan fingerprint density at radius 3 is 2.64 bits per heavy atom. The molecule has 1 atom stereocenters. The molecule has 1 saturated heterocycles. The number of nitrogens with one attached hydrogen (secondary N) is 2. The predicted molar refractivity (Wildman–Crippen MR) is 96.2 cm³/mol. The highest BCUT2D eigenvalue weighted by atomic mass is 19.4. The highest BCUT2D eigenvalue weighted by Gasteiger charge is 2.40. The summed E-state index contributed by atoms with van der Waals surface area (Å²) in [4.78, 5) is 38.1. The summed E-state index contributed by atoms with van der Waals surface area (Å²) in [6, 6.07) is 6.88. The van der Waals surface area contributed by atoms with Crippen LogP contribution in [0.3, 0.4) is 0 Å². The van der Waals surface area contributed by atoms with Crippen molar-refractivity contribution in [3.8, 4) is 0 Å². The van der Waals surface area contributed by atoms with Gasteiger partial charge in [-0.1, -0.05) is 12.1 Å². The molecular formula is C18H23F3N4O3. The van der Waals surface area contributed by atoms with Crippen molar-refractivity contribution in [2.24, 2.45) is 5.92 Å². The Morgan fingerprint density at radius 2 is 2.00 bits per heavy atom. The predicted octanol–water partition coefficient (Wildman–Crippen LogP) is 1.21. The van der Waals surface area contributed by atoms with Gasteiger partial charge in [0.05, 0.1) is 12.5 Å². The number of anilines is 1.